The maximum atomic E-state index is 12.7. The van der Waals surface area contributed by atoms with E-state index in [9.17, 15) is 14.7 Å². The molecule has 1 unspecified atom stereocenters. The number of carboxylic acids is 1. The number of carboxylic acid groups (broad SMARTS) is 1. The minimum absolute atomic E-state index is 0.0734. The van der Waals surface area contributed by atoms with Crippen LogP contribution < -0.4 is 14.8 Å². The van der Waals surface area contributed by atoms with Crippen LogP contribution >= 0.6 is 0 Å². The van der Waals surface area contributed by atoms with E-state index >= 15 is 0 Å². The van der Waals surface area contributed by atoms with Crippen molar-refractivity contribution >= 4 is 12.1 Å². The summed E-state index contributed by atoms with van der Waals surface area (Å²) >= 11 is 0. The number of hydrogen-bond donors (Lipinski definition) is 2. The molecule has 1 fully saturated rings. The number of carbonyl (C=O) groups is 2. The summed E-state index contributed by atoms with van der Waals surface area (Å²) in [4.78, 5) is 27.1. The van der Waals surface area contributed by atoms with Crippen LogP contribution in [0.5, 0.6) is 11.5 Å². The highest BCUT2D eigenvalue weighted by Gasteiger charge is 2.30. The van der Waals surface area contributed by atoms with Crippen LogP contribution in [-0.4, -0.2) is 68.1 Å². The number of hydrogen-bond acceptors (Lipinski definition) is 6. The van der Waals surface area contributed by atoms with Gasteiger partial charge in [-0.3, -0.25) is 4.90 Å². The molecule has 1 aliphatic heterocycles. The molecule has 1 saturated heterocycles. The van der Waals surface area contributed by atoms with Gasteiger partial charge in [0.1, 0.15) is 19.3 Å². The number of rotatable bonds is 11. The molecule has 8 nitrogen and oxygen atoms in total. The zero-order valence-electron chi connectivity index (χ0n) is 22.8. The fourth-order valence-corrected chi connectivity index (χ4v) is 5.64. The molecule has 40 heavy (non-hydrogen) atoms. The van der Waals surface area contributed by atoms with Crippen LogP contribution in [0.25, 0.3) is 11.1 Å². The van der Waals surface area contributed by atoms with Crippen LogP contribution in [0, 0.1) is 0 Å². The van der Waals surface area contributed by atoms with E-state index in [0.29, 0.717) is 23.7 Å². The van der Waals surface area contributed by atoms with Crippen molar-refractivity contribution in [1.29, 1.82) is 0 Å². The van der Waals surface area contributed by atoms with E-state index in [1.165, 1.54) is 19.3 Å². The summed E-state index contributed by atoms with van der Waals surface area (Å²) in [5, 5.41) is 12.3. The van der Waals surface area contributed by atoms with Gasteiger partial charge in [-0.25, -0.2) is 9.59 Å². The van der Waals surface area contributed by atoms with E-state index in [4.69, 9.17) is 14.2 Å². The van der Waals surface area contributed by atoms with Gasteiger partial charge in [0.05, 0.1) is 7.11 Å². The maximum Gasteiger partial charge on any atom is 0.407 e. The molecule has 0 aromatic heterocycles. The highest BCUT2D eigenvalue weighted by atomic mass is 16.5. The van der Waals surface area contributed by atoms with Gasteiger partial charge in [-0.05, 0) is 65.9 Å². The van der Waals surface area contributed by atoms with E-state index in [-0.39, 0.29) is 18.9 Å². The lowest BCUT2D eigenvalue weighted by Gasteiger charge is -2.26. The lowest BCUT2D eigenvalue weighted by atomic mass is 9.98. The van der Waals surface area contributed by atoms with Crippen LogP contribution in [0.1, 0.15) is 41.9 Å². The molecule has 3 aromatic rings. The molecule has 1 atom stereocenters. The standard InChI is InChI=1S/C32H36N2O6/c1-38-30-20-22(13-14-29(30)39-18-17-34-15-7-2-8-16-34)19-28(31(35)36)33-32(37)40-21-27-25-11-5-3-9-23(25)24-10-4-6-12-26(24)27/h3-6,9-14,20,27-28H,2,7-8,15-19,21H2,1H3,(H,33,37)(H,35,36). The fraction of sp³-hybridized carbons (Fsp3) is 0.375. The van der Waals surface area contributed by atoms with Crippen LogP contribution in [-0.2, 0) is 16.0 Å². The van der Waals surface area contributed by atoms with Crippen molar-refractivity contribution in [2.75, 3.05) is 40.0 Å². The van der Waals surface area contributed by atoms with Gasteiger partial charge in [-0.15, -0.1) is 0 Å². The highest BCUT2D eigenvalue weighted by molar-refractivity contribution is 5.81. The number of carbonyl (C=O) groups excluding carboxylic acids is 1. The van der Waals surface area contributed by atoms with E-state index < -0.39 is 18.1 Å². The smallest absolute Gasteiger partial charge is 0.407 e. The SMILES string of the molecule is COc1cc(CC(NC(=O)OCC2c3ccccc3-c3ccccc32)C(=O)O)ccc1OCCN1CCCCC1. The Bertz CT molecular complexity index is 1290. The average molecular weight is 545 g/mol. The average Bonchev–Trinajstić information content (AvgIpc) is 3.30. The number of fused-ring (bicyclic) bond motifs is 3. The maximum absolute atomic E-state index is 12.7. The number of methoxy groups -OCH3 is 1. The van der Waals surface area contributed by atoms with Crippen LogP contribution in [0.2, 0.25) is 0 Å². The molecule has 0 saturated carbocycles. The van der Waals surface area contributed by atoms with Gasteiger partial charge in [0, 0.05) is 18.9 Å². The topological polar surface area (TPSA) is 97.3 Å². The number of amides is 1. The molecule has 8 heteroatoms. The minimum Gasteiger partial charge on any atom is -0.493 e. The van der Waals surface area contributed by atoms with Crippen molar-refractivity contribution in [3.63, 3.8) is 0 Å². The van der Waals surface area contributed by atoms with Crippen molar-refractivity contribution in [3.8, 4) is 22.6 Å². The van der Waals surface area contributed by atoms with Gasteiger partial charge >= 0.3 is 12.1 Å². The second kappa shape index (κ2) is 12.9. The summed E-state index contributed by atoms with van der Waals surface area (Å²) in [6.07, 6.45) is 3.06. The summed E-state index contributed by atoms with van der Waals surface area (Å²) in [7, 11) is 1.56. The Labute approximate surface area is 234 Å². The normalized spacial score (nSPS) is 15.5. The van der Waals surface area contributed by atoms with E-state index in [1.54, 1.807) is 25.3 Å². The molecule has 1 amide bonds. The van der Waals surface area contributed by atoms with Gasteiger partial charge in [0.25, 0.3) is 0 Å². The first-order valence-electron chi connectivity index (χ1n) is 13.9. The lowest BCUT2D eigenvalue weighted by molar-refractivity contribution is -0.139. The van der Waals surface area contributed by atoms with Gasteiger partial charge in [0.15, 0.2) is 11.5 Å². The van der Waals surface area contributed by atoms with Gasteiger partial charge in [0.2, 0.25) is 0 Å². The van der Waals surface area contributed by atoms with Crippen LogP contribution in [0.15, 0.2) is 66.7 Å². The van der Waals surface area contributed by atoms with E-state index in [2.05, 4.69) is 22.3 Å². The first kappa shape index (κ1) is 27.5. The Hall–Kier alpha value is -4.04. The van der Waals surface area contributed by atoms with Crippen molar-refractivity contribution in [2.24, 2.45) is 0 Å². The van der Waals surface area contributed by atoms with Crippen molar-refractivity contribution in [1.82, 2.24) is 10.2 Å². The molecule has 2 aliphatic rings. The van der Waals surface area contributed by atoms with Crippen molar-refractivity contribution < 1.29 is 28.9 Å². The third-order valence-electron chi connectivity index (χ3n) is 7.72. The van der Waals surface area contributed by atoms with Crippen molar-refractivity contribution in [3.05, 3.63) is 83.4 Å². The number of piperidine rings is 1. The number of ether oxygens (including phenoxy) is 3. The number of likely N-dealkylation sites (tertiary alicyclic amines) is 1. The molecule has 5 rings (SSSR count). The molecular formula is C32H36N2O6. The molecule has 0 spiro atoms. The number of nitrogens with one attached hydrogen (secondary N) is 1. The molecule has 0 radical (unpaired) electrons. The monoisotopic (exact) mass is 544 g/mol. The van der Waals surface area contributed by atoms with E-state index in [1.807, 2.05) is 36.4 Å². The number of benzene rings is 3. The zero-order valence-corrected chi connectivity index (χ0v) is 22.8. The predicted octanol–water partition coefficient (Wildman–Crippen LogP) is 5.09. The molecule has 210 valence electrons. The lowest BCUT2D eigenvalue weighted by Crippen LogP contribution is -2.42. The van der Waals surface area contributed by atoms with E-state index in [0.717, 1.165) is 41.9 Å². The number of aliphatic carboxylic acids is 1. The second-order valence-corrected chi connectivity index (χ2v) is 10.3. The van der Waals surface area contributed by atoms with Crippen LogP contribution in [0.3, 0.4) is 0 Å². The molecule has 2 N–H and O–H groups in total. The Morgan fingerprint density at radius 3 is 2.27 bits per heavy atom. The molecule has 0 bridgehead atoms. The quantitative estimate of drug-likeness (QED) is 0.347. The van der Waals surface area contributed by atoms with Crippen LogP contribution in [0.4, 0.5) is 4.79 Å². The third kappa shape index (κ3) is 6.39. The molecule has 1 aliphatic carbocycles. The first-order chi connectivity index (χ1) is 19.5. The largest absolute Gasteiger partial charge is 0.493 e. The number of nitrogens with zero attached hydrogens (tertiary/aromatic N) is 1. The minimum atomic E-state index is -1.16. The summed E-state index contributed by atoms with van der Waals surface area (Å²) in [5.41, 5.74) is 5.14. The summed E-state index contributed by atoms with van der Waals surface area (Å²) in [6.45, 7) is 3.73. The Morgan fingerprint density at radius 1 is 0.950 bits per heavy atom. The Balaban J connectivity index is 1.17. The predicted molar refractivity (Wildman–Crippen MR) is 152 cm³/mol. The van der Waals surface area contributed by atoms with Gasteiger partial charge in [-0.1, -0.05) is 61.0 Å². The second-order valence-electron chi connectivity index (χ2n) is 10.3. The summed E-state index contributed by atoms with van der Waals surface area (Å²) < 4.78 is 17.0. The first-order valence-corrected chi connectivity index (χ1v) is 13.9. The fourth-order valence-electron chi connectivity index (χ4n) is 5.64. The Morgan fingerprint density at radius 2 is 1.62 bits per heavy atom. The third-order valence-corrected chi connectivity index (χ3v) is 7.72. The zero-order chi connectivity index (χ0) is 27.9. The van der Waals surface area contributed by atoms with Gasteiger partial charge in [-0.2, -0.15) is 0 Å². The molecule has 3 aromatic carbocycles. The van der Waals surface area contributed by atoms with Crippen molar-refractivity contribution in [2.45, 2.75) is 37.6 Å². The summed E-state index contributed by atoms with van der Waals surface area (Å²) in [6, 6.07) is 20.3. The summed E-state index contributed by atoms with van der Waals surface area (Å²) in [5.74, 6) is -0.108. The number of alkyl carbamates (subject to hydrolysis) is 1. The molecule has 1 heterocycles. The Kier molecular flexibility index (Phi) is 8.86. The highest BCUT2D eigenvalue weighted by Crippen LogP contribution is 2.44. The molecular weight excluding hydrogens is 508 g/mol. The van der Waals surface area contributed by atoms with Gasteiger partial charge < -0.3 is 24.6 Å².